The quantitative estimate of drug-likeness (QED) is 0.781. The second-order valence-corrected chi connectivity index (χ2v) is 4.29. The van der Waals surface area contributed by atoms with Crippen molar-refractivity contribution in [1.82, 2.24) is 5.32 Å². The molecule has 14 heavy (non-hydrogen) atoms. The Kier molecular flexibility index (Phi) is 2.92. The third-order valence-corrected chi connectivity index (χ3v) is 3.04. The van der Waals surface area contributed by atoms with Gasteiger partial charge in [-0.05, 0) is 37.4 Å². The molecule has 2 heterocycles. The Morgan fingerprint density at radius 3 is 3.00 bits per heavy atom. The van der Waals surface area contributed by atoms with Crippen LogP contribution in [0.25, 0.3) is 0 Å². The number of furan rings is 1. The van der Waals surface area contributed by atoms with Gasteiger partial charge in [0.25, 0.3) is 0 Å². The summed E-state index contributed by atoms with van der Waals surface area (Å²) >= 11 is 0. The third-order valence-electron chi connectivity index (χ3n) is 3.04. The average Bonchev–Trinajstić information content (AvgIpc) is 2.66. The minimum Gasteiger partial charge on any atom is -0.464 e. The Bertz CT molecular complexity index is 292. The van der Waals surface area contributed by atoms with E-state index in [0.717, 1.165) is 30.4 Å². The van der Waals surface area contributed by atoms with E-state index in [-0.39, 0.29) is 0 Å². The molecule has 1 saturated heterocycles. The van der Waals surface area contributed by atoms with Crippen LogP contribution < -0.4 is 5.32 Å². The van der Waals surface area contributed by atoms with E-state index in [1.54, 1.807) is 0 Å². The van der Waals surface area contributed by atoms with Gasteiger partial charge in [0.15, 0.2) is 0 Å². The minimum atomic E-state index is 0.444. The van der Waals surface area contributed by atoms with Gasteiger partial charge in [0.1, 0.15) is 11.5 Å². The predicted octanol–water partition coefficient (Wildman–Crippen LogP) is 2.90. The Hall–Kier alpha value is -0.760. The molecule has 1 fully saturated rings. The smallest absolute Gasteiger partial charge is 0.121 e. The fourth-order valence-electron chi connectivity index (χ4n) is 2.10. The van der Waals surface area contributed by atoms with E-state index in [4.69, 9.17) is 4.42 Å². The molecule has 1 N–H and O–H groups in total. The van der Waals surface area contributed by atoms with Crippen LogP contribution in [0.4, 0.5) is 0 Å². The van der Waals surface area contributed by atoms with Crippen LogP contribution in [0.5, 0.6) is 0 Å². The van der Waals surface area contributed by atoms with Crippen molar-refractivity contribution >= 4 is 0 Å². The van der Waals surface area contributed by atoms with Crippen molar-refractivity contribution in [3.63, 3.8) is 0 Å². The van der Waals surface area contributed by atoms with Gasteiger partial charge in [-0.2, -0.15) is 0 Å². The SMILES string of the molecule is CCc1ccc(C2CC(C)CCN2)o1. The van der Waals surface area contributed by atoms with Crippen molar-refractivity contribution in [2.45, 2.75) is 39.2 Å². The Labute approximate surface area is 85.7 Å². The summed E-state index contributed by atoms with van der Waals surface area (Å²) in [6, 6.07) is 4.66. The number of piperidine rings is 1. The summed E-state index contributed by atoms with van der Waals surface area (Å²) in [7, 11) is 0. The summed E-state index contributed by atoms with van der Waals surface area (Å²) in [5.74, 6) is 3.03. The molecule has 0 bridgehead atoms. The summed E-state index contributed by atoms with van der Waals surface area (Å²) < 4.78 is 5.76. The largest absolute Gasteiger partial charge is 0.464 e. The highest BCUT2D eigenvalue weighted by atomic mass is 16.3. The van der Waals surface area contributed by atoms with E-state index in [1.807, 2.05) is 0 Å². The monoisotopic (exact) mass is 193 g/mol. The summed E-state index contributed by atoms with van der Waals surface area (Å²) in [6.07, 6.45) is 3.48. The lowest BCUT2D eigenvalue weighted by molar-refractivity contribution is 0.285. The van der Waals surface area contributed by atoms with E-state index >= 15 is 0 Å². The van der Waals surface area contributed by atoms with Gasteiger partial charge in [0.05, 0.1) is 6.04 Å². The van der Waals surface area contributed by atoms with Gasteiger partial charge in [0.2, 0.25) is 0 Å². The first kappa shape index (κ1) is 9.78. The molecule has 78 valence electrons. The topological polar surface area (TPSA) is 25.2 Å². The van der Waals surface area contributed by atoms with Crippen LogP contribution in [-0.2, 0) is 6.42 Å². The highest BCUT2D eigenvalue weighted by Gasteiger charge is 2.21. The summed E-state index contributed by atoms with van der Waals surface area (Å²) in [5, 5.41) is 3.51. The molecule has 0 spiro atoms. The fourth-order valence-corrected chi connectivity index (χ4v) is 2.10. The van der Waals surface area contributed by atoms with Gasteiger partial charge in [0, 0.05) is 6.42 Å². The van der Waals surface area contributed by atoms with E-state index in [1.165, 1.54) is 12.8 Å². The molecule has 2 rings (SSSR count). The van der Waals surface area contributed by atoms with E-state index in [2.05, 4.69) is 31.3 Å². The van der Waals surface area contributed by atoms with E-state index < -0.39 is 0 Å². The second-order valence-electron chi connectivity index (χ2n) is 4.29. The van der Waals surface area contributed by atoms with Crippen molar-refractivity contribution < 1.29 is 4.42 Å². The summed E-state index contributed by atoms with van der Waals surface area (Å²) in [6.45, 7) is 5.56. The maximum absolute atomic E-state index is 5.76. The molecular weight excluding hydrogens is 174 g/mol. The maximum Gasteiger partial charge on any atom is 0.121 e. The maximum atomic E-state index is 5.76. The molecule has 1 aromatic rings. The lowest BCUT2D eigenvalue weighted by Gasteiger charge is -2.26. The fraction of sp³-hybridized carbons (Fsp3) is 0.667. The Morgan fingerprint density at radius 1 is 1.50 bits per heavy atom. The molecule has 1 aromatic heterocycles. The van der Waals surface area contributed by atoms with Crippen LogP contribution in [0.2, 0.25) is 0 Å². The molecule has 1 aliphatic heterocycles. The molecule has 2 nitrogen and oxygen atoms in total. The highest BCUT2D eigenvalue weighted by Crippen LogP contribution is 2.28. The van der Waals surface area contributed by atoms with Gasteiger partial charge >= 0.3 is 0 Å². The molecule has 0 aliphatic carbocycles. The lowest BCUT2D eigenvalue weighted by Crippen LogP contribution is -2.30. The molecule has 0 saturated carbocycles. The highest BCUT2D eigenvalue weighted by molar-refractivity contribution is 5.11. The van der Waals surface area contributed by atoms with Crippen LogP contribution in [0.1, 0.15) is 44.3 Å². The van der Waals surface area contributed by atoms with Crippen molar-refractivity contribution in [3.05, 3.63) is 23.7 Å². The molecule has 2 heteroatoms. The molecule has 1 aliphatic rings. The zero-order valence-electron chi connectivity index (χ0n) is 9.05. The normalized spacial score (nSPS) is 27.9. The summed E-state index contributed by atoms with van der Waals surface area (Å²) in [5.41, 5.74) is 0. The molecule has 0 amide bonds. The third kappa shape index (κ3) is 2.01. The molecular formula is C12H19NO. The van der Waals surface area contributed by atoms with Gasteiger partial charge in [-0.15, -0.1) is 0 Å². The van der Waals surface area contributed by atoms with E-state index in [0.29, 0.717) is 6.04 Å². The first-order valence-electron chi connectivity index (χ1n) is 5.61. The minimum absolute atomic E-state index is 0.444. The van der Waals surface area contributed by atoms with Crippen LogP contribution in [0.15, 0.2) is 16.5 Å². The molecule has 2 unspecified atom stereocenters. The first-order valence-corrected chi connectivity index (χ1v) is 5.61. The van der Waals surface area contributed by atoms with Crippen LogP contribution in [-0.4, -0.2) is 6.54 Å². The molecule has 0 aromatic carbocycles. The number of hydrogen-bond donors (Lipinski definition) is 1. The summed E-state index contributed by atoms with van der Waals surface area (Å²) in [4.78, 5) is 0. The predicted molar refractivity (Wildman–Crippen MR) is 57.2 cm³/mol. The first-order chi connectivity index (χ1) is 6.79. The lowest BCUT2D eigenvalue weighted by atomic mass is 9.93. The van der Waals surface area contributed by atoms with Gasteiger partial charge < -0.3 is 9.73 Å². The second kappa shape index (κ2) is 4.18. The number of nitrogens with one attached hydrogen (secondary N) is 1. The van der Waals surface area contributed by atoms with Gasteiger partial charge in [-0.3, -0.25) is 0 Å². The van der Waals surface area contributed by atoms with Crippen molar-refractivity contribution in [3.8, 4) is 0 Å². The van der Waals surface area contributed by atoms with Crippen molar-refractivity contribution in [2.75, 3.05) is 6.54 Å². The van der Waals surface area contributed by atoms with Crippen molar-refractivity contribution in [1.29, 1.82) is 0 Å². The number of hydrogen-bond acceptors (Lipinski definition) is 2. The van der Waals surface area contributed by atoms with E-state index in [9.17, 15) is 0 Å². The Balaban J connectivity index is 2.06. The zero-order chi connectivity index (χ0) is 9.97. The average molecular weight is 193 g/mol. The Morgan fingerprint density at radius 2 is 2.36 bits per heavy atom. The van der Waals surface area contributed by atoms with Crippen molar-refractivity contribution in [2.24, 2.45) is 5.92 Å². The van der Waals surface area contributed by atoms with Crippen LogP contribution in [0.3, 0.4) is 0 Å². The molecule has 2 atom stereocenters. The standard InChI is InChI=1S/C12H19NO/c1-3-10-4-5-12(14-10)11-8-9(2)6-7-13-11/h4-5,9,11,13H,3,6-8H2,1-2H3. The van der Waals surface area contributed by atoms with Crippen LogP contribution >= 0.6 is 0 Å². The molecule has 0 radical (unpaired) electrons. The van der Waals surface area contributed by atoms with Gasteiger partial charge in [-0.25, -0.2) is 0 Å². The number of aryl methyl sites for hydroxylation is 1. The number of rotatable bonds is 2. The van der Waals surface area contributed by atoms with Crippen LogP contribution in [0, 0.1) is 5.92 Å². The zero-order valence-corrected chi connectivity index (χ0v) is 9.05. The van der Waals surface area contributed by atoms with Gasteiger partial charge in [-0.1, -0.05) is 13.8 Å².